The van der Waals surface area contributed by atoms with Gasteiger partial charge in [0.2, 0.25) is 0 Å². The van der Waals surface area contributed by atoms with E-state index in [-0.39, 0.29) is 110 Å². The Morgan fingerprint density at radius 3 is 0.836 bits per heavy atom. The normalized spacial score (nSPS) is 13.6. The van der Waals surface area contributed by atoms with Crippen molar-refractivity contribution in [3.8, 4) is 45.0 Å². The highest BCUT2D eigenvalue weighted by atomic mass is 15.0. The number of hydrogen-bond donors (Lipinski definition) is 0. The van der Waals surface area contributed by atoms with Crippen LogP contribution in [0.4, 0.5) is 0 Å². The van der Waals surface area contributed by atoms with Crippen LogP contribution in [-0.2, 0) is 43.3 Å². The van der Waals surface area contributed by atoms with Crippen LogP contribution in [0.2, 0.25) is 0 Å². The van der Waals surface area contributed by atoms with Gasteiger partial charge in [0.05, 0.1) is 73.3 Å². The summed E-state index contributed by atoms with van der Waals surface area (Å²) in [5.41, 5.74) is 26.1. The number of nitrogens with zero attached hydrogens (tertiary/aromatic N) is 4. The Balaban J connectivity index is 0.000000137. The van der Waals surface area contributed by atoms with Crippen LogP contribution in [0.1, 0.15) is 240 Å². The Morgan fingerprint density at radius 2 is 0.485 bits per heavy atom. The van der Waals surface area contributed by atoms with Crippen LogP contribution in [0.15, 0.2) is 376 Å². The Hall–Kier alpha value is -13.3. The zero-order valence-corrected chi connectivity index (χ0v) is 83.6. The molecule has 0 aliphatic rings. The summed E-state index contributed by atoms with van der Waals surface area (Å²) in [5, 5.41) is 10.5. The van der Waals surface area contributed by atoms with E-state index in [4.69, 9.17) is 17.8 Å². The van der Waals surface area contributed by atoms with Gasteiger partial charge < -0.3 is 18.3 Å². The summed E-state index contributed by atoms with van der Waals surface area (Å²) in [6.07, 6.45) is 0. The Kier molecular flexibility index (Phi) is 22.5. The fourth-order valence-corrected chi connectivity index (χ4v) is 18.5. The molecule has 4 heteroatoms. The third kappa shape index (κ3) is 20.3. The van der Waals surface area contributed by atoms with Gasteiger partial charge in [-0.05, 0) is 203 Å². The summed E-state index contributed by atoms with van der Waals surface area (Å²) < 4.78 is 115. The van der Waals surface area contributed by atoms with Crippen molar-refractivity contribution in [3.63, 3.8) is 0 Å². The molecule has 0 bridgehead atoms. The summed E-state index contributed by atoms with van der Waals surface area (Å²) in [6.45, 7) is 55.9. The minimum Gasteiger partial charge on any atom is -0.309 e. The van der Waals surface area contributed by atoms with Gasteiger partial charge in [-0.2, -0.15) is 0 Å². The summed E-state index contributed by atoms with van der Waals surface area (Å²) in [4.78, 5) is 0. The molecule has 680 valence electrons. The van der Waals surface area contributed by atoms with Gasteiger partial charge in [0.15, 0.2) is 0 Å². The van der Waals surface area contributed by atoms with Crippen molar-refractivity contribution in [2.75, 3.05) is 0 Å². The highest BCUT2D eigenvalue weighted by Crippen LogP contribution is 2.47. The minimum atomic E-state index is -0.594. The highest BCUT2D eigenvalue weighted by molar-refractivity contribution is 6.13. The van der Waals surface area contributed by atoms with Crippen molar-refractivity contribution in [2.24, 2.45) is 0 Å². The van der Waals surface area contributed by atoms with E-state index in [0.717, 1.165) is 0 Å². The molecular weight excluding hydrogens is 1620 g/mol. The first kappa shape index (κ1) is 79.3. The van der Waals surface area contributed by atoms with E-state index in [1.165, 1.54) is 143 Å². The maximum atomic E-state index is 8.59. The first-order valence-corrected chi connectivity index (χ1v) is 47.2. The van der Waals surface area contributed by atoms with Gasteiger partial charge in [-0.3, -0.25) is 0 Å². The molecule has 4 aromatic heterocycles. The summed E-state index contributed by atoms with van der Waals surface area (Å²) in [5.74, 6) is 0. The Labute approximate surface area is 818 Å². The Bertz CT molecular complexity index is 7880. The molecule has 0 radical (unpaired) electrons. The molecule has 20 aromatic rings. The van der Waals surface area contributed by atoms with Crippen LogP contribution in [0, 0.1) is 13.8 Å². The Morgan fingerprint density at radius 1 is 0.194 bits per heavy atom. The lowest BCUT2D eigenvalue weighted by Crippen LogP contribution is -2.19. The molecule has 16 aromatic carbocycles. The van der Waals surface area contributed by atoms with Crippen molar-refractivity contribution < 1.29 is 17.8 Å². The molecule has 0 spiro atoms. The van der Waals surface area contributed by atoms with Crippen molar-refractivity contribution in [3.05, 3.63) is 431 Å². The summed E-state index contributed by atoms with van der Waals surface area (Å²) in [6, 6.07) is 104. The fraction of sp³-hybridized carbons (Fsp3) is 0.262. The molecule has 0 N–H and O–H groups in total. The molecule has 20 rings (SSSR count). The summed E-state index contributed by atoms with van der Waals surface area (Å²) in [7, 11) is 0. The number of para-hydroxylation sites is 8. The lowest BCUT2D eigenvalue weighted by atomic mass is 9.77. The van der Waals surface area contributed by atoms with Crippen molar-refractivity contribution >= 4 is 87.2 Å². The van der Waals surface area contributed by atoms with Gasteiger partial charge in [0, 0.05) is 60.0 Å². The van der Waals surface area contributed by atoms with Gasteiger partial charge in [-0.1, -0.05) is 468 Å². The van der Waals surface area contributed by atoms with Gasteiger partial charge in [0.1, 0.15) is 0 Å². The lowest BCUT2D eigenvalue weighted by molar-refractivity contribution is 0.584. The SMILES string of the molecule is CC(C)(C)c1c(-n2c3ccccc3c3ccccc32)cccc1-n1c2ccccc2c2ccccc21.CC(C)(C)c1ccc2c(c1)c1cc(C(C)(C)C)ccc1n2-c1ccccc1C(C)(C)C.CC(C)(C)c1ccccc1.CC(C)(C)c1ccccc1-n1c2ccccc2c2ccccc21.[2H]c1c([2H])c(C)c([2H])c(C(C)(C)C)c1[2H].[2H]c1c([2H])c([2H])c(-c2cccc(-c3c([2H])c([2H])c([2H])c(C)c3[2H])c2C(C)(C)C)c([2H])c1[2H]. The lowest BCUT2D eigenvalue weighted by Gasteiger charge is -2.28. The standard InChI is InChI=1S/C34H28N2.C30H37N.C23H24.C22H21N.C11H16.C10H14/c1-34(2,3)33-31(35-27-17-8-4-13-23(27)24-14-5-9-18-28(24)35)21-12-22-32(33)36-29-19-10-6-15-25(29)26-16-7-11-20-30(26)36;1-28(2,3)20-14-16-25-22(18-20)23-19-21(29(4,5)6)15-17-26(23)31(25)27-13-11-10-12-24(27)30(7,8)9;1-17-10-8-13-19(16-17)21-15-9-14-20(22(21)23(2,3)4)18-11-6-5-7-12-18;1-22(2,3)18-12-6-9-15-21(18)23-19-13-7-4-10-16(19)17-11-5-8-14-20(17)23;1-9-6-5-7-10(8-9)11(2,3)4;1-10(2,3)9-7-5-4-6-8-9/h4-22H,1-3H3;10-19H,1-9H3;5-16H,1-4H3;4-15H,1-3H3;5-8H,1-4H3;4-8H,1-3H3/i;;5D,6D,7D,8D,10D,11D,12D,13D,16D;;5D,6D,7D,8D;. The zero-order valence-electron chi connectivity index (χ0n) is 96.6. The quantitative estimate of drug-likeness (QED) is 0.158. The van der Waals surface area contributed by atoms with Crippen LogP contribution in [0.25, 0.3) is 132 Å². The molecule has 134 heavy (non-hydrogen) atoms. The number of rotatable bonds is 6. The monoisotopic (exact) mass is 1770 g/mol. The smallest absolute Gasteiger partial charge is 0.0632 e. The second kappa shape index (κ2) is 38.0. The van der Waals surface area contributed by atoms with Gasteiger partial charge in [-0.15, -0.1) is 0 Å². The van der Waals surface area contributed by atoms with Crippen LogP contribution in [0.3, 0.4) is 0 Å². The maximum Gasteiger partial charge on any atom is 0.0632 e. The van der Waals surface area contributed by atoms with Crippen LogP contribution in [0.5, 0.6) is 0 Å². The van der Waals surface area contributed by atoms with Crippen LogP contribution < -0.4 is 0 Å². The minimum absolute atomic E-state index is 0.00185. The van der Waals surface area contributed by atoms with Gasteiger partial charge >= 0.3 is 0 Å². The number of hydrogen-bond acceptors (Lipinski definition) is 0. The van der Waals surface area contributed by atoms with E-state index in [9.17, 15) is 0 Å². The van der Waals surface area contributed by atoms with E-state index in [1.807, 2.05) is 41.5 Å². The van der Waals surface area contributed by atoms with E-state index in [2.05, 4.69) is 422 Å². The second-order valence-corrected chi connectivity index (χ2v) is 43.7. The van der Waals surface area contributed by atoms with E-state index >= 15 is 0 Å². The van der Waals surface area contributed by atoms with E-state index in [0.29, 0.717) is 33.2 Å². The zero-order chi connectivity index (χ0) is 107. The molecule has 0 aliphatic carbocycles. The number of aromatic nitrogens is 4. The number of benzene rings is 16. The van der Waals surface area contributed by atoms with Crippen molar-refractivity contribution in [1.29, 1.82) is 0 Å². The fourth-order valence-electron chi connectivity index (χ4n) is 18.5. The van der Waals surface area contributed by atoms with Crippen molar-refractivity contribution in [2.45, 2.75) is 223 Å². The molecule has 0 atom stereocenters. The summed E-state index contributed by atoms with van der Waals surface area (Å²) >= 11 is 0. The maximum absolute atomic E-state index is 8.59. The molecule has 0 saturated heterocycles. The highest BCUT2D eigenvalue weighted by Gasteiger charge is 2.31. The van der Waals surface area contributed by atoms with E-state index < -0.39 is 23.5 Å². The molecule has 0 unspecified atom stereocenters. The average molecular weight is 1770 g/mol. The predicted molar refractivity (Wildman–Crippen MR) is 586 cm³/mol. The molecule has 0 saturated carbocycles. The molecule has 0 aliphatic heterocycles. The average Bonchev–Trinajstić information content (AvgIpc) is 1.45. The molecule has 4 nitrogen and oxygen atoms in total. The van der Waals surface area contributed by atoms with Gasteiger partial charge in [0.25, 0.3) is 0 Å². The third-order valence-electron chi connectivity index (χ3n) is 25.1. The van der Waals surface area contributed by atoms with E-state index in [1.54, 1.807) is 32.0 Å². The largest absolute Gasteiger partial charge is 0.309 e. The van der Waals surface area contributed by atoms with Crippen molar-refractivity contribution in [1.82, 2.24) is 18.3 Å². The van der Waals surface area contributed by atoms with Gasteiger partial charge in [-0.25, -0.2) is 0 Å². The second-order valence-electron chi connectivity index (χ2n) is 43.7. The molecule has 0 amide bonds. The van der Waals surface area contributed by atoms with Crippen LogP contribution >= 0.6 is 0 Å². The first-order valence-electron chi connectivity index (χ1n) is 53.7. The third-order valence-corrected chi connectivity index (χ3v) is 25.1. The number of fused-ring (bicyclic) bond motifs is 12. The molecule has 0 fully saturated rings. The molecule has 4 heterocycles. The first-order chi connectivity index (χ1) is 68.9. The molecular formula is C130H140N4. The van der Waals surface area contributed by atoms with Crippen LogP contribution in [-0.4, -0.2) is 18.3 Å². The topological polar surface area (TPSA) is 19.7 Å². The predicted octanol–water partition coefficient (Wildman–Crippen LogP) is 36.8.